The number of hydrogen-bond acceptors (Lipinski definition) is 1. The van der Waals surface area contributed by atoms with E-state index in [9.17, 15) is 0 Å². The third-order valence-corrected chi connectivity index (χ3v) is 7.66. The average molecular weight is 346 g/mol. The minimum Gasteiger partial charge on any atom is -0.280 e. The lowest BCUT2D eigenvalue weighted by atomic mass is 9.66. The van der Waals surface area contributed by atoms with Crippen LogP contribution in [-0.4, -0.2) is 6.54 Å². The summed E-state index contributed by atoms with van der Waals surface area (Å²) in [5.41, 5.74) is 3.54. The summed E-state index contributed by atoms with van der Waals surface area (Å²) in [6, 6.07) is 8.93. The van der Waals surface area contributed by atoms with Crippen molar-refractivity contribution in [1.29, 1.82) is 0 Å². The maximum absolute atomic E-state index is 5.00. The zero-order valence-corrected chi connectivity index (χ0v) is 15.9. The van der Waals surface area contributed by atoms with Gasteiger partial charge in [0, 0.05) is 5.41 Å². The van der Waals surface area contributed by atoms with Gasteiger partial charge in [-0.15, -0.1) is 0 Å². The topological polar surface area (TPSA) is 12.4 Å². The van der Waals surface area contributed by atoms with Crippen molar-refractivity contribution in [2.75, 3.05) is 6.54 Å². The summed E-state index contributed by atoms with van der Waals surface area (Å²) >= 11 is 0. The standard InChI is InChI=1S/C25H31N/c1-2-8-19(7-1)17-20-12-13-23-22-10-3-4-11-24(22)26-18-21-9-5-6-15-25(21,23)16-14-20/h3-6,9-11,19-20H,1-2,7-8,12-18H2. The summed E-state index contributed by atoms with van der Waals surface area (Å²) in [4.78, 5) is 5.00. The average Bonchev–Trinajstić information content (AvgIpc) is 3.06. The summed E-state index contributed by atoms with van der Waals surface area (Å²) in [6.07, 6.45) is 21.1. The van der Waals surface area contributed by atoms with Gasteiger partial charge in [0.25, 0.3) is 0 Å². The molecule has 2 fully saturated rings. The van der Waals surface area contributed by atoms with E-state index >= 15 is 0 Å². The molecule has 0 N–H and O–H groups in total. The van der Waals surface area contributed by atoms with Crippen molar-refractivity contribution in [2.24, 2.45) is 22.2 Å². The van der Waals surface area contributed by atoms with Gasteiger partial charge in [-0.1, -0.05) is 67.7 Å². The monoisotopic (exact) mass is 345 g/mol. The fraction of sp³-hybridized carbons (Fsp3) is 0.560. The van der Waals surface area contributed by atoms with Gasteiger partial charge < -0.3 is 0 Å². The second-order valence-corrected chi connectivity index (χ2v) is 9.05. The summed E-state index contributed by atoms with van der Waals surface area (Å²) in [5, 5.41) is 2.68. The summed E-state index contributed by atoms with van der Waals surface area (Å²) < 4.78 is 0. The predicted octanol–water partition coefficient (Wildman–Crippen LogP) is 5.11. The first-order valence-corrected chi connectivity index (χ1v) is 10.8. The molecule has 2 saturated carbocycles. The number of para-hydroxylation sites is 1. The highest BCUT2D eigenvalue weighted by Gasteiger charge is 2.41. The Balaban J connectivity index is 1.56. The molecule has 136 valence electrons. The second kappa shape index (κ2) is 6.83. The normalized spacial score (nSPS) is 31.2. The molecule has 3 aliphatic carbocycles. The molecule has 26 heavy (non-hydrogen) atoms. The van der Waals surface area contributed by atoms with Crippen LogP contribution in [0.2, 0.25) is 0 Å². The fourth-order valence-corrected chi connectivity index (χ4v) is 6.24. The molecule has 0 radical (unpaired) electrons. The van der Waals surface area contributed by atoms with Crippen molar-refractivity contribution in [1.82, 2.24) is 0 Å². The zero-order valence-electron chi connectivity index (χ0n) is 15.9. The Morgan fingerprint density at radius 1 is 1.00 bits per heavy atom. The van der Waals surface area contributed by atoms with E-state index in [0.29, 0.717) is 0 Å². The highest BCUT2D eigenvalue weighted by Crippen LogP contribution is 2.52. The first-order chi connectivity index (χ1) is 12.9. The van der Waals surface area contributed by atoms with E-state index in [1.165, 1.54) is 74.8 Å². The van der Waals surface area contributed by atoms with E-state index in [4.69, 9.17) is 4.99 Å². The van der Waals surface area contributed by atoms with Crippen LogP contribution in [0.4, 0.5) is 0 Å². The Morgan fingerprint density at radius 2 is 1.85 bits per heavy atom. The third kappa shape index (κ3) is 2.80. The van der Waals surface area contributed by atoms with Crippen LogP contribution in [0.25, 0.3) is 5.57 Å². The maximum Gasteiger partial charge on any atom is 0.0650 e. The van der Waals surface area contributed by atoms with Crippen molar-refractivity contribution < 1.29 is 0 Å². The highest BCUT2D eigenvalue weighted by atomic mass is 14.7. The van der Waals surface area contributed by atoms with Crippen LogP contribution in [0, 0.1) is 17.3 Å². The molecule has 1 heteroatoms. The Morgan fingerprint density at radius 3 is 2.77 bits per heavy atom. The van der Waals surface area contributed by atoms with Crippen LogP contribution >= 0.6 is 0 Å². The molecule has 0 bridgehead atoms. The van der Waals surface area contributed by atoms with Gasteiger partial charge in [-0.05, 0) is 67.2 Å². The lowest BCUT2D eigenvalue weighted by Crippen LogP contribution is -2.33. The molecule has 1 spiro atoms. The Hall–Kier alpha value is -1.63. The molecule has 2 unspecified atom stereocenters. The molecule has 1 aliphatic heterocycles. The Kier molecular flexibility index (Phi) is 4.35. The number of nitrogens with zero attached hydrogens (tertiary/aromatic N) is 1. The molecular formula is C25H31N. The minimum absolute atomic E-state index is 0.259. The molecule has 5 rings (SSSR count). The molecule has 2 atom stereocenters. The quantitative estimate of drug-likeness (QED) is 0.706. The number of rotatable bonds is 2. The van der Waals surface area contributed by atoms with Crippen molar-refractivity contribution in [3.63, 3.8) is 0 Å². The molecule has 0 saturated heterocycles. The van der Waals surface area contributed by atoms with Gasteiger partial charge in [-0.3, -0.25) is 4.99 Å². The van der Waals surface area contributed by atoms with Crippen LogP contribution < -0.4 is 10.6 Å². The SMILES string of the molecule is C1=CCC23CCC(CC4CCCC4)CCC2=c2ccccc2=NCC3=C1. The minimum atomic E-state index is 0.259. The highest BCUT2D eigenvalue weighted by molar-refractivity contribution is 5.61. The van der Waals surface area contributed by atoms with Crippen molar-refractivity contribution >= 4 is 5.57 Å². The first kappa shape index (κ1) is 16.5. The van der Waals surface area contributed by atoms with Gasteiger partial charge in [0.05, 0.1) is 11.9 Å². The molecule has 1 nitrogen and oxygen atoms in total. The largest absolute Gasteiger partial charge is 0.280 e. The van der Waals surface area contributed by atoms with Gasteiger partial charge in [0.15, 0.2) is 0 Å². The van der Waals surface area contributed by atoms with Gasteiger partial charge >= 0.3 is 0 Å². The lowest BCUT2D eigenvalue weighted by molar-refractivity contribution is 0.320. The Bertz CT molecular complexity index is 852. The van der Waals surface area contributed by atoms with Crippen molar-refractivity contribution in [3.8, 4) is 0 Å². The van der Waals surface area contributed by atoms with Gasteiger partial charge in [0.1, 0.15) is 0 Å². The fourth-order valence-electron chi connectivity index (χ4n) is 6.24. The zero-order chi connectivity index (χ0) is 17.4. The van der Waals surface area contributed by atoms with Crippen LogP contribution in [-0.2, 0) is 0 Å². The van der Waals surface area contributed by atoms with E-state index in [1.54, 1.807) is 11.1 Å². The molecule has 4 aliphatic rings. The van der Waals surface area contributed by atoms with E-state index in [-0.39, 0.29) is 5.41 Å². The molecule has 0 aromatic heterocycles. The summed E-state index contributed by atoms with van der Waals surface area (Å²) in [5.74, 6) is 1.96. The second-order valence-electron chi connectivity index (χ2n) is 9.05. The first-order valence-electron chi connectivity index (χ1n) is 10.8. The molecule has 1 heterocycles. The van der Waals surface area contributed by atoms with Crippen LogP contribution in [0.5, 0.6) is 0 Å². The summed E-state index contributed by atoms with van der Waals surface area (Å²) in [6.45, 7) is 0.887. The number of allylic oxidation sites excluding steroid dienone is 3. The van der Waals surface area contributed by atoms with Crippen LogP contribution in [0.1, 0.15) is 64.2 Å². The predicted molar refractivity (Wildman–Crippen MR) is 108 cm³/mol. The van der Waals surface area contributed by atoms with Crippen molar-refractivity contribution in [3.05, 3.63) is 58.6 Å². The van der Waals surface area contributed by atoms with E-state index in [0.717, 1.165) is 18.4 Å². The lowest BCUT2D eigenvalue weighted by Gasteiger charge is -2.38. The number of fused-ring (bicyclic) bond motifs is 1. The number of hydrogen-bond donors (Lipinski definition) is 0. The van der Waals surface area contributed by atoms with E-state index < -0.39 is 0 Å². The molecule has 1 aromatic rings. The van der Waals surface area contributed by atoms with Gasteiger partial charge in [-0.25, -0.2) is 0 Å². The molecular weight excluding hydrogens is 314 g/mol. The number of benzene rings is 1. The van der Waals surface area contributed by atoms with Gasteiger partial charge in [0.2, 0.25) is 0 Å². The smallest absolute Gasteiger partial charge is 0.0650 e. The van der Waals surface area contributed by atoms with Gasteiger partial charge in [-0.2, -0.15) is 0 Å². The maximum atomic E-state index is 5.00. The van der Waals surface area contributed by atoms with E-state index in [1.807, 2.05) is 0 Å². The summed E-state index contributed by atoms with van der Waals surface area (Å²) in [7, 11) is 0. The Labute approximate surface area is 157 Å². The molecule has 1 aromatic carbocycles. The third-order valence-electron chi connectivity index (χ3n) is 7.66. The van der Waals surface area contributed by atoms with Crippen LogP contribution in [0.3, 0.4) is 0 Å². The molecule has 0 amide bonds. The van der Waals surface area contributed by atoms with Crippen molar-refractivity contribution in [2.45, 2.75) is 64.2 Å². The van der Waals surface area contributed by atoms with E-state index in [2.05, 4.69) is 42.5 Å². The van der Waals surface area contributed by atoms with Crippen LogP contribution in [0.15, 0.2) is 53.1 Å².